The fraction of sp³-hybridized carbons (Fsp3) is 0.448. The topological polar surface area (TPSA) is 69.7 Å². The van der Waals surface area contributed by atoms with E-state index in [-0.39, 0.29) is 5.91 Å². The number of rotatable bonds is 9. The Balaban J connectivity index is 0.000000283. The van der Waals surface area contributed by atoms with Crippen LogP contribution in [0.5, 0.6) is 0 Å². The van der Waals surface area contributed by atoms with Gasteiger partial charge in [0.05, 0.1) is 10.6 Å². The first kappa shape index (κ1) is 30.7. The lowest BCUT2D eigenvalue weighted by molar-refractivity contribution is 0.0698. The number of carbonyl (C=O) groups excluding carboxylic acids is 1. The molecule has 0 atom stereocenters. The summed E-state index contributed by atoms with van der Waals surface area (Å²) >= 11 is 6.96. The van der Waals surface area contributed by atoms with Gasteiger partial charge in [0.2, 0.25) is 0 Å². The number of hydrogen-bond donors (Lipinski definition) is 2. The van der Waals surface area contributed by atoms with Crippen LogP contribution in [0.1, 0.15) is 63.0 Å². The van der Waals surface area contributed by atoms with Crippen molar-refractivity contribution in [3.05, 3.63) is 70.5 Å². The van der Waals surface area contributed by atoms with Crippen molar-refractivity contribution in [2.75, 3.05) is 19.3 Å². The van der Waals surface area contributed by atoms with Gasteiger partial charge in [-0.1, -0.05) is 62.3 Å². The zero-order valence-electron chi connectivity index (χ0n) is 22.9. The molecule has 37 heavy (non-hydrogen) atoms. The number of carbonyl (C=O) groups is 1. The monoisotopic (exact) mass is 544 g/mol. The fourth-order valence-corrected chi connectivity index (χ4v) is 4.51. The van der Waals surface area contributed by atoms with Crippen LogP contribution in [0.25, 0.3) is 10.9 Å². The van der Waals surface area contributed by atoms with Crippen LogP contribution in [0.4, 0.5) is 0 Å². The highest BCUT2D eigenvalue weighted by molar-refractivity contribution is 8.02. The van der Waals surface area contributed by atoms with Crippen LogP contribution in [0.15, 0.2) is 64.4 Å². The van der Waals surface area contributed by atoms with Crippen LogP contribution in [0.3, 0.4) is 0 Å². The highest BCUT2D eigenvalue weighted by Crippen LogP contribution is 2.22. The van der Waals surface area contributed by atoms with Crippen molar-refractivity contribution < 1.29 is 9.63 Å². The van der Waals surface area contributed by atoms with Crippen molar-refractivity contribution in [1.82, 2.24) is 15.2 Å². The molecule has 1 aliphatic rings. The molecule has 0 saturated carbocycles. The normalized spacial score (nSPS) is 15.3. The largest absolute Gasteiger partial charge is 0.357 e. The number of aryl methyl sites for hydroxylation is 1. The minimum absolute atomic E-state index is 0.124. The molecule has 1 amide bonds. The van der Waals surface area contributed by atoms with Crippen LogP contribution in [0.2, 0.25) is 0 Å². The van der Waals surface area contributed by atoms with E-state index < -0.39 is 0 Å². The molecular weight excluding hydrogens is 504 g/mol. The van der Waals surface area contributed by atoms with Crippen LogP contribution >= 0.6 is 23.4 Å². The highest BCUT2D eigenvalue weighted by atomic mass is 35.5. The molecule has 1 saturated heterocycles. The molecule has 1 fully saturated rings. The number of fused-ring (bicyclic) bond motifs is 1. The summed E-state index contributed by atoms with van der Waals surface area (Å²) in [7, 11) is 0. The van der Waals surface area contributed by atoms with Gasteiger partial charge in [-0.2, -0.15) is 0 Å². The number of nitrogens with zero attached hydrogens (tertiary/aromatic N) is 2. The Morgan fingerprint density at radius 2 is 2.08 bits per heavy atom. The summed E-state index contributed by atoms with van der Waals surface area (Å²) in [5.41, 5.74) is 5.33. The van der Waals surface area contributed by atoms with Crippen molar-refractivity contribution in [2.24, 2.45) is 5.16 Å². The van der Waals surface area contributed by atoms with Crippen LogP contribution in [-0.4, -0.2) is 52.9 Å². The molecule has 3 rings (SSSR count). The first-order valence-corrected chi connectivity index (χ1v) is 14.4. The van der Waals surface area contributed by atoms with Crippen LogP contribution in [0, 0.1) is 6.92 Å². The molecule has 0 bridgehead atoms. The lowest BCUT2D eigenvalue weighted by atomic mass is 10.0. The second-order valence-electron chi connectivity index (χ2n) is 9.36. The van der Waals surface area contributed by atoms with E-state index >= 15 is 0 Å². The number of aromatic nitrogens is 1. The Morgan fingerprint density at radius 1 is 1.38 bits per heavy atom. The van der Waals surface area contributed by atoms with E-state index in [2.05, 4.69) is 54.9 Å². The third kappa shape index (κ3) is 9.72. The number of halogens is 1. The third-order valence-corrected chi connectivity index (χ3v) is 7.03. The predicted octanol–water partition coefficient (Wildman–Crippen LogP) is 7.38. The van der Waals surface area contributed by atoms with E-state index in [0.717, 1.165) is 53.9 Å². The van der Waals surface area contributed by atoms with E-state index in [1.165, 1.54) is 22.9 Å². The molecule has 8 heteroatoms. The molecule has 2 aromatic rings. The number of thioether (sulfide) groups is 1. The Hall–Kier alpha value is -2.48. The Morgan fingerprint density at radius 3 is 2.65 bits per heavy atom. The summed E-state index contributed by atoms with van der Waals surface area (Å²) in [5.74, 6) is 0.656. The third-order valence-electron chi connectivity index (χ3n) is 6.08. The van der Waals surface area contributed by atoms with Gasteiger partial charge in [-0.05, 0) is 63.1 Å². The van der Waals surface area contributed by atoms with Gasteiger partial charge in [-0.15, -0.1) is 11.8 Å². The van der Waals surface area contributed by atoms with E-state index in [0.29, 0.717) is 23.5 Å². The van der Waals surface area contributed by atoms with Crippen LogP contribution < -0.4 is 5.32 Å². The number of H-pyrrole nitrogens is 1. The molecular formula is C29H41ClN4O2S. The lowest BCUT2D eigenvalue weighted by Crippen LogP contribution is -2.46. The fourth-order valence-electron chi connectivity index (χ4n) is 3.96. The van der Waals surface area contributed by atoms with Gasteiger partial charge in [0.15, 0.2) is 5.76 Å². The number of hydrogen-bond acceptors (Lipinski definition) is 5. The Labute approximate surface area is 231 Å². The number of benzene rings is 1. The molecule has 202 valence electrons. The molecule has 2 N–H and O–H groups in total. The van der Waals surface area contributed by atoms with Crippen molar-refractivity contribution in [3.8, 4) is 0 Å². The average Bonchev–Trinajstić information content (AvgIpc) is 3.33. The maximum absolute atomic E-state index is 12.7. The summed E-state index contributed by atoms with van der Waals surface area (Å²) in [5, 5.41) is 8.60. The van der Waals surface area contributed by atoms with Gasteiger partial charge >= 0.3 is 0 Å². The standard InChI is InChI=1S/C18H25N3O.C11H16ClNOS/c1-12(2)19-15-7-9-21(10-8-15)18(22)16-11-14-6-4-5-13(3)17(14)20-16;1-5-9(2)13-14-10(3)11(15-4)7-6-8-12/h4-6,11-12,15,19-20H,7-10H2,1-3H3;6-8H,3,5H2,1-2,4H3/b;8-6+,11-7-,13-9-. The number of piperidine rings is 1. The summed E-state index contributed by atoms with van der Waals surface area (Å²) < 4.78 is 0. The Kier molecular flexibility index (Phi) is 13.0. The minimum atomic E-state index is 0.124. The van der Waals surface area contributed by atoms with Gasteiger partial charge in [0.1, 0.15) is 5.69 Å². The molecule has 0 unspecified atom stereocenters. The van der Waals surface area contributed by atoms with Gasteiger partial charge in [0, 0.05) is 41.6 Å². The van der Waals surface area contributed by atoms with Gasteiger partial charge < -0.3 is 20.0 Å². The molecule has 2 heterocycles. The SMILES string of the molecule is C=C(O/N=C(/C)CC)/C(=C/C=C/Cl)SC.Cc1cccc2cc(C(=O)N3CCC(NC(C)C)CC3)[nH]c12. The predicted molar refractivity (Wildman–Crippen MR) is 160 cm³/mol. The second-order valence-corrected chi connectivity index (χ2v) is 10.5. The maximum Gasteiger partial charge on any atom is 0.270 e. The molecule has 0 aliphatic carbocycles. The summed E-state index contributed by atoms with van der Waals surface area (Å²) in [6.45, 7) is 15.8. The maximum atomic E-state index is 12.7. The number of allylic oxidation sites excluding steroid dienone is 2. The summed E-state index contributed by atoms with van der Waals surface area (Å²) in [6, 6.07) is 9.16. The first-order valence-electron chi connectivity index (χ1n) is 12.7. The highest BCUT2D eigenvalue weighted by Gasteiger charge is 2.24. The van der Waals surface area contributed by atoms with Crippen LogP contribution in [-0.2, 0) is 4.84 Å². The molecule has 0 spiro atoms. The van der Waals surface area contributed by atoms with Gasteiger partial charge in [-0.3, -0.25) is 4.79 Å². The average molecular weight is 545 g/mol. The number of para-hydroxylation sites is 1. The Bertz CT molecular complexity index is 1130. The van der Waals surface area contributed by atoms with E-state index in [9.17, 15) is 4.79 Å². The van der Waals surface area contributed by atoms with Gasteiger partial charge in [-0.25, -0.2) is 0 Å². The van der Waals surface area contributed by atoms with E-state index in [1.807, 2.05) is 43.2 Å². The van der Waals surface area contributed by atoms with E-state index in [1.54, 1.807) is 6.08 Å². The minimum Gasteiger partial charge on any atom is -0.357 e. The first-order chi connectivity index (χ1) is 17.7. The van der Waals surface area contributed by atoms with Crippen molar-refractivity contribution in [3.63, 3.8) is 0 Å². The summed E-state index contributed by atoms with van der Waals surface area (Å²) in [6.07, 6.45) is 8.42. The zero-order chi connectivity index (χ0) is 27.4. The number of amides is 1. The summed E-state index contributed by atoms with van der Waals surface area (Å²) in [4.78, 5) is 24.0. The molecule has 1 aromatic heterocycles. The number of nitrogens with one attached hydrogen (secondary N) is 2. The number of aromatic amines is 1. The molecule has 6 nitrogen and oxygen atoms in total. The van der Waals surface area contributed by atoms with Crippen molar-refractivity contribution in [1.29, 1.82) is 0 Å². The van der Waals surface area contributed by atoms with E-state index in [4.69, 9.17) is 16.4 Å². The van der Waals surface area contributed by atoms with Gasteiger partial charge in [0.25, 0.3) is 5.91 Å². The van der Waals surface area contributed by atoms with Crippen molar-refractivity contribution in [2.45, 2.75) is 66.0 Å². The zero-order valence-corrected chi connectivity index (χ0v) is 24.5. The molecule has 1 aliphatic heterocycles. The lowest BCUT2D eigenvalue weighted by Gasteiger charge is -2.33. The molecule has 1 aromatic carbocycles. The number of likely N-dealkylation sites (tertiary alicyclic amines) is 1. The quantitative estimate of drug-likeness (QED) is 0.149. The molecule has 0 radical (unpaired) electrons. The second kappa shape index (κ2) is 15.7. The smallest absolute Gasteiger partial charge is 0.270 e. The number of oxime groups is 1. The van der Waals surface area contributed by atoms with Crippen molar-refractivity contribution >= 4 is 45.9 Å².